The van der Waals surface area contributed by atoms with Gasteiger partial charge in [-0.15, -0.1) is 0 Å². The third-order valence-corrected chi connectivity index (χ3v) is 4.54. The van der Waals surface area contributed by atoms with Gasteiger partial charge in [-0.25, -0.2) is 9.37 Å². The second-order valence-electron chi connectivity index (χ2n) is 6.48. The van der Waals surface area contributed by atoms with Crippen molar-refractivity contribution in [2.24, 2.45) is 5.92 Å². The van der Waals surface area contributed by atoms with Crippen molar-refractivity contribution < 1.29 is 18.7 Å². The Morgan fingerprint density at radius 2 is 2.12 bits per heavy atom. The third kappa shape index (κ3) is 3.37. The number of nitrogens with one attached hydrogen (secondary N) is 1. The van der Waals surface area contributed by atoms with E-state index < -0.39 is 5.82 Å². The first-order valence-corrected chi connectivity index (χ1v) is 8.58. The second-order valence-corrected chi connectivity index (χ2v) is 6.48. The minimum absolute atomic E-state index is 0.0541. The van der Waals surface area contributed by atoms with Crippen molar-refractivity contribution in [3.05, 3.63) is 53.5 Å². The van der Waals surface area contributed by atoms with Crippen LogP contribution >= 0.6 is 0 Å². The Labute approximate surface area is 150 Å². The zero-order valence-electron chi connectivity index (χ0n) is 14.1. The normalized spacial score (nSPS) is 16.3. The molecule has 0 saturated heterocycles. The topological polar surface area (TPSA) is 71.5 Å². The van der Waals surface area contributed by atoms with E-state index in [0.717, 1.165) is 12.8 Å². The summed E-state index contributed by atoms with van der Waals surface area (Å²) in [4.78, 5) is 30.4. The van der Waals surface area contributed by atoms with Crippen molar-refractivity contribution in [1.29, 1.82) is 0 Å². The largest absolute Gasteiger partial charge is 0.491 e. The Balaban J connectivity index is 1.53. The van der Waals surface area contributed by atoms with Gasteiger partial charge < -0.3 is 15.0 Å². The smallest absolute Gasteiger partial charge is 0.254 e. The van der Waals surface area contributed by atoms with Gasteiger partial charge in [-0.05, 0) is 37.1 Å². The maximum Gasteiger partial charge on any atom is 0.254 e. The first-order valence-electron chi connectivity index (χ1n) is 8.58. The van der Waals surface area contributed by atoms with E-state index in [4.69, 9.17) is 4.74 Å². The Bertz CT molecular complexity index is 867. The number of pyridine rings is 1. The van der Waals surface area contributed by atoms with Gasteiger partial charge in [-0.1, -0.05) is 6.07 Å². The summed E-state index contributed by atoms with van der Waals surface area (Å²) in [5, 5.41) is 2.73. The maximum atomic E-state index is 14.1. The minimum Gasteiger partial charge on any atom is -0.491 e. The van der Waals surface area contributed by atoms with Crippen molar-refractivity contribution in [1.82, 2.24) is 9.88 Å². The molecule has 0 spiro atoms. The molecule has 2 amide bonds. The monoisotopic (exact) mass is 355 g/mol. The van der Waals surface area contributed by atoms with Crippen LogP contribution in [0.15, 0.2) is 36.5 Å². The highest BCUT2D eigenvalue weighted by atomic mass is 19.1. The molecule has 0 atom stereocenters. The SMILES string of the molecule is O=C(Nc1cc(C(=O)N2CCOc3cccc(F)c3C2)ccn1)C1CC1. The summed E-state index contributed by atoms with van der Waals surface area (Å²) in [6, 6.07) is 7.78. The first-order chi connectivity index (χ1) is 12.6. The van der Waals surface area contributed by atoms with Gasteiger partial charge in [0.2, 0.25) is 5.91 Å². The van der Waals surface area contributed by atoms with Gasteiger partial charge in [-0.3, -0.25) is 9.59 Å². The Morgan fingerprint density at radius 1 is 1.27 bits per heavy atom. The average Bonchev–Trinajstić information content (AvgIpc) is 3.48. The van der Waals surface area contributed by atoms with E-state index in [1.54, 1.807) is 24.3 Å². The number of carbonyl (C=O) groups is 2. The number of benzene rings is 1. The lowest BCUT2D eigenvalue weighted by molar-refractivity contribution is -0.117. The van der Waals surface area contributed by atoms with Crippen LogP contribution in [0.3, 0.4) is 0 Å². The Morgan fingerprint density at radius 3 is 2.92 bits per heavy atom. The van der Waals surface area contributed by atoms with Crippen LogP contribution in [0.5, 0.6) is 5.75 Å². The molecule has 7 heteroatoms. The molecule has 1 aliphatic carbocycles. The molecule has 0 unspecified atom stereocenters. The molecule has 134 valence electrons. The van der Waals surface area contributed by atoms with Crippen LogP contribution in [0.4, 0.5) is 10.2 Å². The molecule has 2 aliphatic rings. The number of nitrogens with zero attached hydrogens (tertiary/aromatic N) is 2. The van der Waals surface area contributed by atoms with Crippen LogP contribution in [0.2, 0.25) is 0 Å². The molecule has 1 aromatic carbocycles. The summed E-state index contributed by atoms with van der Waals surface area (Å²) in [6.45, 7) is 0.768. The van der Waals surface area contributed by atoms with E-state index in [0.29, 0.717) is 35.8 Å². The molecule has 1 fully saturated rings. The number of halogens is 1. The van der Waals surface area contributed by atoms with Gasteiger partial charge in [0.15, 0.2) is 0 Å². The quantitative estimate of drug-likeness (QED) is 0.919. The lowest BCUT2D eigenvalue weighted by atomic mass is 10.1. The molecule has 4 rings (SSSR count). The highest BCUT2D eigenvalue weighted by molar-refractivity contribution is 5.97. The van der Waals surface area contributed by atoms with Crippen LogP contribution in [0.25, 0.3) is 0 Å². The molecular weight excluding hydrogens is 337 g/mol. The minimum atomic E-state index is -0.394. The van der Waals surface area contributed by atoms with Crippen molar-refractivity contribution in [3.8, 4) is 5.75 Å². The predicted molar refractivity (Wildman–Crippen MR) is 92.2 cm³/mol. The molecule has 2 heterocycles. The van der Waals surface area contributed by atoms with Crippen LogP contribution < -0.4 is 10.1 Å². The highest BCUT2D eigenvalue weighted by Crippen LogP contribution is 2.30. The number of aromatic nitrogens is 1. The lowest BCUT2D eigenvalue weighted by Crippen LogP contribution is -2.32. The Hall–Kier alpha value is -2.96. The van der Waals surface area contributed by atoms with Crippen LogP contribution in [0.1, 0.15) is 28.8 Å². The highest BCUT2D eigenvalue weighted by Gasteiger charge is 2.30. The first kappa shape index (κ1) is 16.5. The Kier molecular flexibility index (Phi) is 4.28. The fourth-order valence-corrected chi connectivity index (χ4v) is 2.92. The molecule has 1 aliphatic heterocycles. The average molecular weight is 355 g/mol. The zero-order valence-corrected chi connectivity index (χ0v) is 14.1. The molecule has 1 aromatic heterocycles. The summed E-state index contributed by atoms with van der Waals surface area (Å²) < 4.78 is 19.7. The summed E-state index contributed by atoms with van der Waals surface area (Å²) in [6.07, 6.45) is 3.27. The van der Waals surface area contributed by atoms with Gasteiger partial charge >= 0.3 is 0 Å². The van der Waals surface area contributed by atoms with Gasteiger partial charge in [0.05, 0.1) is 13.1 Å². The number of anilines is 1. The second kappa shape index (κ2) is 6.74. The number of rotatable bonds is 3. The van der Waals surface area contributed by atoms with Crippen LogP contribution in [0, 0.1) is 11.7 Å². The molecular formula is C19H18FN3O3. The van der Waals surface area contributed by atoms with E-state index in [1.165, 1.54) is 17.2 Å². The van der Waals surface area contributed by atoms with Gasteiger partial charge in [0, 0.05) is 23.2 Å². The van der Waals surface area contributed by atoms with E-state index in [9.17, 15) is 14.0 Å². The van der Waals surface area contributed by atoms with E-state index >= 15 is 0 Å². The molecule has 2 aromatic rings. The fourth-order valence-electron chi connectivity index (χ4n) is 2.92. The molecule has 1 N–H and O–H groups in total. The van der Waals surface area contributed by atoms with Gasteiger partial charge in [-0.2, -0.15) is 0 Å². The predicted octanol–water partition coefficient (Wildman–Crippen LogP) is 2.60. The molecule has 6 nitrogen and oxygen atoms in total. The number of amides is 2. The summed E-state index contributed by atoms with van der Waals surface area (Å²) in [7, 11) is 0. The number of hydrogen-bond donors (Lipinski definition) is 1. The van der Waals surface area contributed by atoms with Gasteiger partial charge in [0.25, 0.3) is 5.91 Å². The van der Waals surface area contributed by atoms with Crippen LogP contribution in [-0.2, 0) is 11.3 Å². The standard InChI is InChI=1S/C19H18FN3O3/c20-15-2-1-3-16-14(15)11-23(8-9-26-16)19(25)13-6-7-21-17(10-13)22-18(24)12-4-5-12/h1-3,6-7,10,12H,4-5,8-9,11H2,(H,21,22,24). The number of carbonyl (C=O) groups excluding carboxylic acids is 2. The molecule has 1 saturated carbocycles. The van der Waals surface area contributed by atoms with Crippen LogP contribution in [-0.4, -0.2) is 34.8 Å². The number of fused-ring (bicyclic) bond motifs is 1. The van der Waals surface area contributed by atoms with E-state index in [2.05, 4.69) is 10.3 Å². The van der Waals surface area contributed by atoms with Crippen molar-refractivity contribution in [3.63, 3.8) is 0 Å². The lowest BCUT2D eigenvalue weighted by Gasteiger charge is -2.20. The third-order valence-electron chi connectivity index (χ3n) is 4.54. The van der Waals surface area contributed by atoms with E-state index in [-0.39, 0.29) is 24.3 Å². The number of hydrogen-bond acceptors (Lipinski definition) is 4. The van der Waals surface area contributed by atoms with Crippen molar-refractivity contribution in [2.75, 3.05) is 18.5 Å². The van der Waals surface area contributed by atoms with Gasteiger partial charge in [0.1, 0.15) is 24.0 Å². The summed E-state index contributed by atoms with van der Waals surface area (Å²) in [5.41, 5.74) is 0.764. The molecule has 0 bridgehead atoms. The molecule has 0 radical (unpaired) electrons. The summed E-state index contributed by atoms with van der Waals surface area (Å²) in [5.74, 6) is 0.154. The fraction of sp³-hybridized carbons (Fsp3) is 0.316. The summed E-state index contributed by atoms with van der Waals surface area (Å²) >= 11 is 0. The van der Waals surface area contributed by atoms with Crippen molar-refractivity contribution in [2.45, 2.75) is 19.4 Å². The maximum absolute atomic E-state index is 14.1. The van der Waals surface area contributed by atoms with Crippen molar-refractivity contribution >= 4 is 17.6 Å². The zero-order chi connectivity index (χ0) is 18.1. The molecule has 26 heavy (non-hydrogen) atoms. The van der Waals surface area contributed by atoms with E-state index in [1.807, 2.05) is 0 Å². The number of ether oxygens (including phenoxy) is 1.